The predicted octanol–water partition coefficient (Wildman–Crippen LogP) is 5.87. The molecule has 2 aromatic carbocycles. The Morgan fingerprint density at radius 3 is 2.43 bits per heavy atom. The smallest absolute Gasteiger partial charge is 0.263 e. The van der Waals surface area contributed by atoms with Crippen molar-refractivity contribution < 1.29 is 4.79 Å². The highest BCUT2D eigenvalue weighted by atomic mass is 32.1. The van der Waals surface area contributed by atoms with Gasteiger partial charge in [0.15, 0.2) is 5.13 Å². The highest BCUT2D eigenvalue weighted by molar-refractivity contribution is 7.17. The number of benzene rings is 2. The van der Waals surface area contributed by atoms with E-state index in [2.05, 4.69) is 79.7 Å². The maximum Gasteiger partial charge on any atom is 0.263 e. The minimum atomic E-state index is -0.0865. The van der Waals surface area contributed by atoms with Gasteiger partial charge in [0, 0.05) is 12.2 Å². The van der Waals surface area contributed by atoms with E-state index in [0.717, 1.165) is 27.6 Å². The van der Waals surface area contributed by atoms with Crippen molar-refractivity contribution >= 4 is 28.1 Å². The average molecular weight is 394 g/mol. The maximum atomic E-state index is 12.6. The van der Waals surface area contributed by atoms with Crippen LogP contribution in [0.1, 0.15) is 57.4 Å². The first-order valence-electron chi connectivity index (χ1n) is 9.52. The molecule has 3 rings (SSSR count). The molecule has 3 aromatic rings. The van der Waals surface area contributed by atoms with Crippen molar-refractivity contribution in [2.24, 2.45) is 0 Å². The molecule has 0 saturated carbocycles. The largest absolute Gasteiger partial charge is 0.347 e. The summed E-state index contributed by atoms with van der Waals surface area (Å²) in [4.78, 5) is 17.8. The van der Waals surface area contributed by atoms with Gasteiger partial charge in [-0.15, -0.1) is 0 Å². The standard InChI is InChI=1S/C23H27N3OS/c1-14(2)19-9-7-18(8-10-19)13-24-22(27)21-17(5)25-23(28-21)26-20-11-6-15(3)12-16(20)4/h6-12,14H,13H2,1-5H3,(H,24,27)(H,25,26). The van der Waals surface area contributed by atoms with Gasteiger partial charge in [0.05, 0.1) is 5.69 Å². The van der Waals surface area contributed by atoms with Gasteiger partial charge >= 0.3 is 0 Å². The van der Waals surface area contributed by atoms with E-state index in [4.69, 9.17) is 0 Å². The zero-order chi connectivity index (χ0) is 20.3. The molecule has 1 aromatic heterocycles. The van der Waals surface area contributed by atoms with E-state index < -0.39 is 0 Å². The Morgan fingerprint density at radius 1 is 1.07 bits per heavy atom. The van der Waals surface area contributed by atoms with Crippen LogP contribution in [0.3, 0.4) is 0 Å². The molecule has 0 aliphatic rings. The van der Waals surface area contributed by atoms with Crippen LogP contribution in [0, 0.1) is 20.8 Å². The second kappa shape index (κ2) is 8.57. The van der Waals surface area contributed by atoms with Crippen LogP contribution in [0.25, 0.3) is 0 Å². The number of nitrogens with one attached hydrogen (secondary N) is 2. The lowest BCUT2D eigenvalue weighted by atomic mass is 10.0. The van der Waals surface area contributed by atoms with Crippen LogP contribution in [0.15, 0.2) is 42.5 Å². The van der Waals surface area contributed by atoms with Gasteiger partial charge in [-0.1, -0.05) is 67.1 Å². The number of thiazole rings is 1. The summed E-state index contributed by atoms with van der Waals surface area (Å²) in [5.41, 5.74) is 6.52. The summed E-state index contributed by atoms with van der Waals surface area (Å²) in [6.07, 6.45) is 0. The highest BCUT2D eigenvalue weighted by Crippen LogP contribution is 2.27. The summed E-state index contributed by atoms with van der Waals surface area (Å²) >= 11 is 1.38. The van der Waals surface area contributed by atoms with Crippen LogP contribution >= 0.6 is 11.3 Å². The molecule has 0 unspecified atom stereocenters. The van der Waals surface area contributed by atoms with Crippen molar-refractivity contribution in [1.82, 2.24) is 10.3 Å². The Bertz CT molecular complexity index is 974. The fourth-order valence-corrected chi connectivity index (χ4v) is 3.91. The molecule has 1 amide bonds. The topological polar surface area (TPSA) is 54.0 Å². The number of aromatic nitrogens is 1. The lowest BCUT2D eigenvalue weighted by molar-refractivity contribution is 0.0954. The highest BCUT2D eigenvalue weighted by Gasteiger charge is 2.15. The number of carbonyl (C=O) groups excluding carboxylic acids is 1. The van der Waals surface area contributed by atoms with E-state index in [9.17, 15) is 4.79 Å². The van der Waals surface area contributed by atoms with Crippen molar-refractivity contribution in [2.75, 3.05) is 5.32 Å². The SMILES string of the molecule is Cc1ccc(Nc2nc(C)c(C(=O)NCc3ccc(C(C)C)cc3)s2)c(C)c1. The molecule has 5 heteroatoms. The van der Waals surface area contributed by atoms with Gasteiger partial charge in [-0.2, -0.15) is 0 Å². The monoisotopic (exact) mass is 393 g/mol. The second-order valence-electron chi connectivity index (χ2n) is 7.46. The quantitative estimate of drug-likeness (QED) is 0.551. The van der Waals surface area contributed by atoms with Crippen LogP contribution in [-0.4, -0.2) is 10.9 Å². The Labute approximate surface area is 171 Å². The molecule has 0 bridgehead atoms. The molecule has 0 saturated heterocycles. The molecule has 1 heterocycles. The third kappa shape index (κ3) is 4.78. The molecule has 0 spiro atoms. The van der Waals surface area contributed by atoms with Crippen molar-refractivity contribution in [3.63, 3.8) is 0 Å². The Hall–Kier alpha value is -2.66. The van der Waals surface area contributed by atoms with Crippen molar-refractivity contribution in [3.05, 3.63) is 75.3 Å². The normalized spacial score (nSPS) is 10.9. The molecule has 146 valence electrons. The lowest BCUT2D eigenvalue weighted by Gasteiger charge is -2.08. The molecule has 0 fully saturated rings. The minimum absolute atomic E-state index is 0.0865. The third-order valence-corrected chi connectivity index (χ3v) is 5.80. The van der Waals surface area contributed by atoms with Crippen molar-refractivity contribution in [1.29, 1.82) is 0 Å². The predicted molar refractivity (Wildman–Crippen MR) is 118 cm³/mol. The number of aryl methyl sites for hydroxylation is 3. The lowest BCUT2D eigenvalue weighted by Crippen LogP contribution is -2.22. The van der Waals surface area contributed by atoms with Gasteiger partial charge in [0.25, 0.3) is 5.91 Å². The summed E-state index contributed by atoms with van der Waals surface area (Å²) in [5.74, 6) is 0.420. The third-order valence-electron chi connectivity index (χ3n) is 4.73. The number of hydrogen-bond acceptors (Lipinski definition) is 4. The van der Waals surface area contributed by atoms with E-state index in [1.807, 2.05) is 13.0 Å². The Balaban J connectivity index is 1.65. The molecule has 28 heavy (non-hydrogen) atoms. The summed E-state index contributed by atoms with van der Waals surface area (Å²) in [6.45, 7) is 10.9. The van der Waals surface area contributed by atoms with Gasteiger partial charge in [0.1, 0.15) is 4.88 Å². The van der Waals surface area contributed by atoms with Crippen molar-refractivity contribution in [2.45, 2.75) is 47.1 Å². The van der Waals surface area contributed by atoms with Gasteiger partial charge in [0.2, 0.25) is 0 Å². The van der Waals surface area contributed by atoms with Gasteiger partial charge in [-0.05, 0) is 49.4 Å². The first kappa shape index (κ1) is 20.1. The molecule has 0 aliphatic carbocycles. The minimum Gasteiger partial charge on any atom is -0.347 e. The van der Waals surface area contributed by atoms with E-state index in [0.29, 0.717) is 17.3 Å². The number of rotatable bonds is 6. The molecular weight excluding hydrogens is 366 g/mol. The fraction of sp³-hybridized carbons (Fsp3) is 0.304. The first-order chi connectivity index (χ1) is 13.3. The summed E-state index contributed by atoms with van der Waals surface area (Å²) in [5, 5.41) is 7.07. The first-order valence-corrected chi connectivity index (χ1v) is 10.3. The summed E-state index contributed by atoms with van der Waals surface area (Å²) in [6, 6.07) is 14.6. The molecule has 2 N–H and O–H groups in total. The Kier molecular flexibility index (Phi) is 6.15. The molecular formula is C23H27N3OS. The molecule has 4 nitrogen and oxygen atoms in total. The molecule has 0 aliphatic heterocycles. The maximum absolute atomic E-state index is 12.6. The van der Waals surface area contributed by atoms with E-state index in [-0.39, 0.29) is 5.91 Å². The molecule has 0 radical (unpaired) electrons. The van der Waals surface area contributed by atoms with Crippen LogP contribution in [0.5, 0.6) is 0 Å². The van der Waals surface area contributed by atoms with Crippen LogP contribution in [-0.2, 0) is 6.54 Å². The summed E-state index contributed by atoms with van der Waals surface area (Å²) in [7, 11) is 0. The van der Waals surface area contributed by atoms with Crippen LogP contribution < -0.4 is 10.6 Å². The van der Waals surface area contributed by atoms with Gasteiger partial charge in [-0.3, -0.25) is 4.79 Å². The number of hydrogen-bond donors (Lipinski definition) is 2. The summed E-state index contributed by atoms with van der Waals surface area (Å²) < 4.78 is 0. The zero-order valence-electron chi connectivity index (χ0n) is 17.1. The fourth-order valence-electron chi connectivity index (χ4n) is 3.01. The number of amides is 1. The Morgan fingerprint density at radius 2 is 1.79 bits per heavy atom. The van der Waals surface area contributed by atoms with E-state index >= 15 is 0 Å². The number of carbonyl (C=O) groups is 1. The van der Waals surface area contributed by atoms with Crippen molar-refractivity contribution in [3.8, 4) is 0 Å². The van der Waals surface area contributed by atoms with Gasteiger partial charge < -0.3 is 10.6 Å². The second-order valence-corrected chi connectivity index (χ2v) is 8.45. The van der Waals surface area contributed by atoms with E-state index in [1.165, 1.54) is 22.5 Å². The number of nitrogens with zero attached hydrogens (tertiary/aromatic N) is 1. The van der Waals surface area contributed by atoms with Crippen LogP contribution in [0.2, 0.25) is 0 Å². The van der Waals surface area contributed by atoms with Crippen LogP contribution in [0.4, 0.5) is 10.8 Å². The van der Waals surface area contributed by atoms with Gasteiger partial charge in [-0.25, -0.2) is 4.98 Å². The van der Waals surface area contributed by atoms with E-state index in [1.54, 1.807) is 0 Å². The zero-order valence-corrected chi connectivity index (χ0v) is 17.9. The molecule has 0 atom stereocenters. The average Bonchev–Trinajstić information content (AvgIpc) is 3.03. The number of anilines is 2.